The van der Waals surface area contributed by atoms with E-state index >= 15 is 0 Å². The predicted molar refractivity (Wildman–Crippen MR) is 86.4 cm³/mol. The summed E-state index contributed by atoms with van der Waals surface area (Å²) < 4.78 is 40.7. The molecule has 1 amide bonds. The highest BCUT2D eigenvalue weighted by molar-refractivity contribution is 5.93. The number of halogens is 3. The van der Waals surface area contributed by atoms with Crippen LogP contribution in [0.25, 0.3) is 5.65 Å². The molecule has 0 aromatic carbocycles. The summed E-state index contributed by atoms with van der Waals surface area (Å²) >= 11 is 0. The van der Waals surface area contributed by atoms with Crippen molar-refractivity contribution in [3.63, 3.8) is 0 Å². The van der Waals surface area contributed by atoms with Gasteiger partial charge in [0.2, 0.25) is 0 Å². The first-order valence-corrected chi connectivity index (χ1v) is 8.66. The molecular weight excluding hydrogens is 333 g/mol. The Kier molecular flexibility index (Phi) is 4.96. The van der Waals surface area contributed by atoms with Crippen LogP contribution < -0.4 is 5.32 Å². The molecule has 2 aromatic heterocycles. The molecule has 3 rings (SSSR count). The van der Waals surface area contributed by atoms with Gasteiger partial charge in [0.1, 0.15) is 5.69 Å². The zero-order chi connectivity index (χ0) is 18.0. The van der Waals surface area contributed by atoms with Crippen molar-refractivity contribution in [2.24, 2.45) is 0 Å². The number of nitrogens with zero attached hydrogens (tertiary/aromatic N) is 3. The van der Waals surface area contributed by atoms with E-state index < -0.39 is 17.8 Å². The Morgan fingerprint density at radius 3 is 2.68 bits per heavy atom. The van der Waals surface area contributed by atoms with Gasteiger partial charge in [0.25, 0.3) is 5.91 Å². The standard InChI is InChI=1S/C17H21F3N4O/c1-2-3-4-5-8-21-16(25)13-10-15-22-12(11-6-7-11)9-14(17(18,19)20)24(15)23-13/h9-11H,2-8H2,1H3,(H,21,25). The monoisotopic (exact) mass is 354 g/mol. The predicted octanol–water partition coefficient (Wildman–Crippen LogP) is 3.94. The van der Waals surface area contributed by atoms with Gasteiger partial charge in [-0.2, -0.15) is 18.3 Å². The lowest BCUT2D eigenvalue weighted by Gasteiger charge is -2.10. The largest absolute Gasteiger partial charge is 0.433 e. The van der Waals surface area contributed by atoms with Crippen molar-refractivity contribution in [2.45, 2.75) is 57.5 Å². The molecule has 0 unspecified atom stereocenters. The molecular formula is C17H21F3N4O. The van der Waals surface area contributed by atoms with E-state index in [1.165, 1.54) is 6.07 Å². The highest BCUT2D eigenvalue weighted by Gasteiger charge is 2.37. The van der Waals surface area contributed by atoms with E-state index in [9.17, 15) is 18.0 Å². The molecule has 25 heavy (non-hydrogen) atoms. The van der Waals surface area contributed by atoms with E-state index in [2.05, 4.69) is 22.3 Å². The number of carbonyl (C=O) groups is 1. The summed E-state index contributed by atoms with van der Waals surface area (Å²) in [6, 6.07) is 2.37. The molecule has 2 aromatic rings. The quantitative estimate of drug-likeness (QED) is 0.766. The van der Waals surface area contributed by atoms with Crippen molar-refractivity contribution < 1.29 is 18.0 Å². The number of amides is 1. The van der Waals surface area contributed by atoms with Crippen LogP contribution in [-0.2, 0) is 6.18 Å². The molecule has 8 heteroatoms. The van der Waals surface area contributed by atoms with Crippen molar-refractivity contribution in [1.29, 1.82) is 0 Å². The highest BCUT2D eigenvalue weighted by Crippen LogP contribution is 2.41. The Balaban J connectivity index is 1.82. The van der Waals surface area contributed by atoms with Crippen LogP contribution in [-0.4, -0.2) is 27.0 Å². The third kappa shape index (κ3) is 4.11. The fraction of sp³-hybridized carbons (Fsp3) is 0.588. The first-order valence-electron chi connectivity index (χ1n) is 8.66. The molecule has 1 aliphatic rings. The minimum Gasteiger partial charge on any atom is -0.351 e. The molecule has 5 nitrogen and oxygen atoms in total. The van der Waals surface area contributed by atoms with E-state index in [4.69, 9.17) is 0 Å². The molecule has 0 saturated heterocycles. The average molecular weight is 354 g/mol. The van der Waals surface area contributed by atoms with E-state index in [0.717, 1.165) is 49.1 Å². The lowest BCUT2D eigenvalue weighted by atomic mass is 10.2. The number of alkyl halides is 3. The molecule has 1 fully saturated rings. The summed E-state index contributed by atoms with van der Waals surface area (Å²) in [6.07, 6.45) is 1.17. The number of rotatable bonds is 7. The third-order valence-corrected chi connectivity index (χ3v) is 4.28. The second-order valence-corrected chi connectivity index (χ2v) is 6.45. The van der Waals surface area contributed by atoms with Crippen LogP contribution in [0, 0.1) is 0 Å². The molecule has 1 aliphatic carbocycles. The van der Waals surface area contributed by atoms with Crippen LogP contribution in [0.4, 0.5) is 13.2 Å². The van der Waals surface area contributed by atoms with Gasteiger partial charge in [-0.25, -0.2) is 9.50 Å². The van der Waals surface area contributed by atoms with E-state index in [1.807, 2.05) is 0 Å². The summed E-state index contributed by atoms with van der Waals surface area (Å²) in [6.45, 7) is 2.58. The van der Waals surface area contributed by atoms with Gasteiger partial charge in [-0.1, -0.05) is 26.2 Å². The van der Waals surface area contributed by atoms with Crippen molar-refractivity contribution in [3.8, 4) is 0 Å². The number of hydrogen-bond acceptors (Lipinski definition) is 3. The second-order valence-electron chi connectivity index (χ2n) is 6.45. The Morgan fingerprint density at radius 2 is 2.04 bits per heavy atom. The Bertz CT molecular complexity index is 765. The number of aromatic nitrogens is 3. The smallest absolute Gasteiger partial charge is 0.351 e. The average Bonchev–Trinajstić information content (AvgIpc) is 3.31. The van der Waals surface area contributed by atoms with Gasteiger partial charge in [-0.3, -0.25) is 4.79 Å². The number of nitrogens with one attached hydrogen (secondary N) is 1. The normalized spacial score (nSPS) is 14.9. The maximum Gasteiger partial charge on any atom is 0.433 e. The van der Waals surface area contributed by atoms with Crippen LogP contribution in [0.15, 0.2) is 12.1 Å². The number of hydrogen-bond donors (Lipinski definition) is 1. The van der Waals surface area contributed by atoms with Gasteiger partial charge < -0.3 is 5.32 Å². The minimum atomic E-state index is -4.55. The van der Waals surface area contributed by atoms with Crippen LogP contribution in [0.1, 0.15) is 73.2 Å². The van der Waals surface area contributed by atoms with E-state index in [1.54, 1.807) is 0 Å². The molecule has 136 valence electrons. The third-order valence-electron chi connectivity index (χ3n) is 4.28. The zero-order valence-electron chi connectivity index (χ0n) is 14.1. The summed E-state index contributed by atoms with van der Waals surface area (Å²) in [4.78, 5) is 16.4. The van der Waals surface area contributed by atoms with Gasteiger partial charge >= 0.3 is 6.18 Å². The number of fused-ring (bicyclic) bond motifs is 1. The fourth-order valence-electron chi connectivity index (χ4n) is 2.74. The highest BCUT2D eigenvalue weighted by atomic mass is 19.4. The maximum atomic E-state index is 13.3. The van der Waals surface area contributed by atoms with Gasteiger partial charge in [-0.15, -0.1) is 0 Å². The van der Waals surface area contributed by atoms with Crippen LogP contribution in [0.2, 0.25) is 0 Å². The lowest BCUT2D eigenvalue weighted by Crippen LogP contribution is -2.25. The summed E-state index contributed by atoms with van der Waals surface area (Å²) in [7, 11) is 0. The van der Waals surface area contributed by atoms with Crippen LogP contribution in [0.3, 0.4) is 0 Å². The molecule has 0 spiro atoms. The van der Waals surface area contributed by atoms with Crippen molar-refractivity contribution in [3.05, 3.63) is 29.2 Å². The van der Waals surface area contributed by atoms with Crippen molar-refractivity contribution in [2.75, 3.05) is 6.54 Å². The first kappa shape index (κ1) is 17.7. The topological polar surface area (TPSA) is 59.3 Å². The van der Waals surface area contributed by atoms with Gasteiger partial charge in [0.15, 0.2) is 11.3 Å². The lowest BCUT2D eigenvalue weighted by molar-refractivity contribution is -0.142. The van der Waals surface area contributed by atoms with Crippen LogP contribution in [0.5, 0.6) is 0 Å². The van der Waals surface area contributed by atoms with Crippen molar-refractivity contribution >= 4 is 11.6 Å². The summed E-state index contributed by atoms with van der Waals surface area (Å²) in [5, 5.41) is 6.54. The Hall–Kier alpha value is -2.12. The van der Waals surface area contributed by atoms with E-state index in [-0.39, 0.29) is 17.3 Å². The first-order chi connectivity index (χ1) is 11.9. The zero-order valence-corrected chi connectivity index (χ0v) is 14.1. The van der Waals surface area contributed by atoms with E-state index in [0.29, 0.717) is 12.2 Å². The molecule has 0 aliphatic heterocycles. The number of carbonyl (C=O) groups excluding carboxylic acids is 1. The molecule has 1 N–H and O–H groups in total. The SMILES string of the molecule is CCCCCCNC(=O)c1cc2nc(C3CC3)cc(C(F)(F)F)n2n1. The van der Waals surface area contributed by atoms with Gasteiger partial charge in [0, 0.05) is 24.2 Å². The molecule has 1 saturated carbocycles. The second kappa shape index (κ2) is 7.01. The Labute approximate surface area is 143 Å². The summed E-state index contributed by atoms with van der Waals surface area (Å²) in [5.41, 5.74) is -0.443. The van der Waals surface area contributed by atoms with Crippen LogP contribution >= 0.6 is 0 Å². The summed E-state index contributed by atoms with van der Waals surface area (Å²) in [5.74, 6) is -0.389. The minimum absolute atomic E-state index is 0.0403. The molecule has 0 radical (unpaired) electrons. The van der Waals surface area contributed by atoms with Gasteiger partial charge in [0.05, 0.1) is 0 Å². The maximum absolute atomic E-state index is 13.3. The van der Waals surface area contributed by atoms with Crippen molar-refractivity contribution in [1.82, 2.24) is 19.9 Å². The molecule has 2 heterocycles. The molecule has 0 bridgehead atoms. The van der Waals surface area contributed by atoms with Gasteiger partial charge in [-0.05, 0) is 25.3 Å². The Morgan fingerprint density at radius 1 is 1.28 bits per heavy atom. The molecule has 0 atom stereocenters. The fourth-order valence-corrected chi connectivity index (χ4v) is 2.74. The number of unbranched alkanes of at least 4 members (excludes halogenated alkanes) is 3.